The van der Waals surface area contributed by atoms with E-state index >= 15 is 0 Å². The average Bonchev–Trinajstić information content (AvgIpc) is 2.48. The van der Waals surface area contributed by atoms with Gasteiger partial charge in [-0.3, -0.25) is 0 Å². The molecule has 1 unspecified atom stereocenters. The van der Waals surface area contributed by atoms with E-state index in [1.54, 1.807) is 6.08 Å². The largest absolute Gasteiger partial charge is 0.389 e. The molecule has 0 aromatic carbocycles. The second-order valence-electron chi connectivity index (χ2n) is 7.71. The molecule has 5 atom stereocenters. The van der Waals surface area contributed by atoms with E-state index in [0.717, 1.165) is 31.3 Å². The Bertz CT molecular complexity index is 466. The minimum atomic E-state index is -0.822. The van der Waals surface area contributed by atoms with E-state index in [9.17, 15) is 10.2 Å². The second kappa shape index (κ2) is 8.13. The van der Waals surface area contributed by atoms with E-state index in [4.69, 9.17) is 0 Å². The molecular formula is C20H33BrO2. The van der Waals surface area contributed by atoms with Crippen LogP contribution in [0.25, 0.3) is 0 Å². The zero-order chi connectivity index (χ0) is 17.8. The molecule has 0 aromatic heterocycles. The van der Waals surface area contributed by atoms with Crippen molar-refractivity contribution < 1.29 is 10.2 Å². The summed E-state index contributed by atoms with van der Waals surface area (Å²) in [6.07, 6.45) is 7.80. The molecule has 0 fully saturated rings. The van der Waals surface area contributed by atoms with E-state index in [0.29, 0.717) is 17.2 Å². The van der Waals surface area contributed by atoms with Crippen molar-refractivity contribution in [3.8, 4) is 0 Å². The van der Waals surface area contributed by atoms with E-state index in [1.165, 1.54) is 5.57 Å². The maximum atomic E-state index is 10.3. The van der Waals surface area contributed by atoms with Crippen molar-refractivity contribution in [2.75, 3.05) is 0 Å². The third-order valence-corrected chi connectivity index (χ3v) is 7.03. The van der Waals surface area contributed by atoms with Crippen molar-refractivity contribution in [1.82, 2.24) is 0 Å². The fraction of sp³-hybridized carbons (Fsp3) is 0.700. The number of alkyl halides is 1. The molecule has 1 aliphatic carbocycles. The number of rotatable bonds is 8. The number of halogens is 1. The van der Waals surface area contributed by atoms with Gasteiger partial charge in [-0.1, -0.05) is 52.7 Å². The maximum absolute atomic E-state index is 10.3. The van der Waals surface area contributed by atoms with Crippen molar-refractivity contribution in [2.45, 2.75) is 76.3 Å². The zero-order valence-electron chi connectivity index (χ0n) is 15.1. The second-order valence-corrected chi connectivity index (χ2v) is 8.82. The van der Waals surface area contributed by atoms with Crippen LogP contribution in [-0.4, -0.2) is 26.7 Å². The van der Waals surface area contributed by atoms with Gasteiger partial charge in [0.2, 0.25) is 0 Å². The van der Waals surface area contributed by atoms with Crippen LogP contribution in [0.15, 0.2) is 36.5 Å². The van der Waals surface area contributed by atoms with Crippen LogP contribution in [0.5, 0.6) is 0 Å². The van der Waals surface area contributed by atoms with Crippen LogP contribution in [0.1, 0.15) is 59.8 Å². The van der Waals surface area contributed by atoms with E-state index in [2.05, 4.69) is 49.0 Å². The fourth-order valence-corrected chi connectivity index (χ4v) is 4.30. The quantitative estimate of drug-likeness (QED) is 0.448. The molecule has 0 saturated carbocycles. The number of allylic oxidation sites excluding steroid dienone is 2. The van der Waals surface area contributed by atoms with Gasteiger partial charge in [0.1, 0.15) is 0 Å². The molecule has 0 heterocycles. The van der Waals surface area contributed by atoms with Crippen LogP contribution in [0.2, 0.25) is 0 Å². The standard InChI is InChI=1S/C20H33BrO2/c1-7-19(5,23)12-10-16-15(4)8-9-18(21)20(16,6)13-11-17(22)14(2)3/h7-8,16-18,22-23H,1-2,9-13H2,3-6H3/t16?,17-,18-,19+,20-/m1/s1. The lowest BCUT2D eigenvalue weighted by molar-refractivity contribution is 0.0735. The van der Waals surface area contributed by atoms with Gasteiger partial charge in [-0.05, 0) is 64.2 Å². The Kier molecular flexibility index (Phi) is 7.31. The average molecular weight is 385 g/mol. The minimum Gasteiger partial charge on any atom is -0.389 e. The molecule has 0 aromatic rings. The van der Waals surface area contributed by atoms with Gasteiger partial charge in [0, 0.05) is 4.83 Å². The van der Waals surface area contributed by atoms with Crippen molar-refractivity contribution >= 4 is 15.9 Å². The molecule has 0 radical (unpaired) electrons. The molecule has 132 valence electrons. The molecular weight excluding hydrogens is 352 g/mol. The van der Waals surface area contributed by atoms with Gasteiger partial charge < -0.3 is 10.2 Å². The molecule has 23 heavy (non-hydrogen) atoms. The minimum absolute atomic E-state index is 0.0620. The Morgan fingerprint density at radius 2 is 2.22 bits per heavy atom. The maximum Gasteiger partial charge on any atom is 0.0797 e. The van der Waals surface area contributed by atoms with Gasteiger partial charge in [-0.25, -0.2) is 0 Å². The van der Waals surface area contributed by atoms with E-state index in [1.807, 2.05) is 13.8 Å². The number of aliphatic hydroxyl groups is 2. The summed E-state index contributed by atoms with van der Waals surface area (Å²) in [5, 5.41) is 20.4. The number of hydrogen-bond donors (Lipinski definition) is 2. The van der Waals surface area contributed by atoms with Crippen LogP contribution in [0, 0.1) is 11.3 Å². The van der Waals surface area contributed by atoms with Crippen molar-refractivity contribution in [1.29, 1.82) is 0 Å². The van der Waals surface area contributed by atoms with Crippen LogP contribution < -0.4 is 0 Å². The van der Waals surface area contributed by atoms with Gasteiger partial charge in [-0.2, -0.15) is 0 Å². The fourth-order valence-electron chi connectivity index (χ4n) is 3.56. The molecule has 2 N–H and O–H groups in total. The van der Waals surface area contributed by atoms with Crippen molar-refractivity contribution in [2.24, 2.45) is 11.3 Å². The van der Waals surface area contributed by atoms with Crippen molar-refractivity contribution in [3.63, 3.8) is 0 Å². The highest BCUT2D eigenvalue weighted by molar-refractivity contribution is 9.09. The highest BCUT2D eigenvalue weighted by Gasteiger charge is 2.43. The topological polar surface area (TPSA) is 40.5 Å². The summed E-state index contributed by atoms with van der Waals surface area (Å²) in [6, 6.07) is 0. The normalized spacial score (nSPS) is 31.9. The molecule has 0 amide bonds. The molecule has 0 saturated heterocycles. The summed E-state index contributed by atoms with van der Waals surface area (Å²) >= 11 is 3.87. The molecule has 1 aliphatic rings. The number of aliphatic hydroxyl groups excluding tert-OH is 1. The van der Waals surface area contributed by atoms with E-state index in [-0.39, 0.29) is 5.41 Å². The van der Waals surface area contributed by atoms with Crippen LogP contribution in [0.3, 0.4) is 0 Å². The van der Waals surface area contributed by atoms with E-state index < -0.39 is 11.7 Å². The Hall–Kier alpha value is -0.380. The summed E-state index contributed by atoms with van der Waals surface area (Å²) in [5.74, 6) is 0.393. The number of hydrogen-bond acceptors (Lipinski definition) is 2. The predicted molar refractivity (Wildman–Crippen MR) is 103 cm³/mol. The lowest BCUT2D eigenvalue weighted by Gasteiger charge is -2.46. The molecule has 3 heteroatoms. The van der Waals surface area contributed by atoms with Gasteiger partial charge in [-0.15, -0.1) is 6.58 Å². The third kappa shape index (κ3) is 5.30. The lowest BCUT2D eigenvalue weighted by atomic mass is 9.62. The van der Waals surface area contributed by atoms with Gasteiger partial charge in [0.15, 0.2) is 0 Å². The first-order valence-corrected chi connectivity index (χ1v) is 9.45. The third-order valence-electron chi connectivity index (χ3n) is 5.61. The summed E-state index contributed by atoms with van der Waals surface area (Å²) in [5.41, 5.74) is 1.46. The lowest BCUT2D eigenvalue weighted by Crippen LogP contribution is -2.41. The Balaban J connectivity index is 2.91. The van der Waals surface area contributed by atoms with Gasteiger partial charge in [0.25, 0.3) is 0 Å². The molecule has 0 bridgehead atoms. The summed E-state index contributed by atoms with van der Waals surface area (Å²) in [7, 11) is 0. The smallest absolute Gasteiger partial charge is 0.0797 e. The molecule has 0 spiro atoms. The summed E-state index contributed by atoms with van der Waals surface area (Å²) in [6.45, 7) is 15.8. The first-order valence-electron chi connectivity index (χ1n) is 8.53. The predicted octanol–water partition coefficient (Wildman–Crippen LogP) is 5.16. The van der Waals surface area contributed by atoms with Crippen LogP contribution >= 0.6 is 15.9 Å². The van der Waals surface area contributed by atoms with Gasteiger partial charge in [0.05, 0.1) is 11.7 Å². The molecule has 1 rings (SSSR count). The van der Waals surface area contributed by atoms with Crippen molar-refractivity contribution in [3.05, 3.63) is 36.5 Å². The Morgan fingerprint density at radius 3 is 2.74 bits per heavy atom. The molecule has 2 nitrogen and oxygen atoms in total. The van der Waals surface area contributed by atoms with Crippen LogP contribution in [0.4, 0.5) is 0 Å². The first kappa shape index (κ1) is 20.7. The Labute approximate surface area is 150 Å². The van der Waals surface area contributed by atoms with Gasteiger partial charge >= 0.3 is 0 Å². The highest BCUT2D eigenvalue weighted by atomic mass is 79.9. The molecule has 0 aliphatic heterocycles. The SMILES string of the molecule is C=C[C@](C)(O)CCC1C(C)=CC[C@@H](Br)[C@]1(C)CC[C@@H](O)C(=C)C. The monoisotopic (exact) mass is 384 g/mol. The summed E-state index contributed by atoms with van der Waals surface area (Å²) in [4.78, 5) is 0.384. The zero-order valence-corrected chi connectivity index (χ0v) is 16.7. The highest BCUT2D eigenvalue weighted by Crippen LogP contribution is 2.50. The Morgan fingerprint density at radius 1 is 1.61 bits per heavy atom. The first-order chi connectivity index (χ1) is 10.5. The summed E-state index contributed by atoms with van der Waals surface area (Å²) < 4.78 is 0. The van der Waals surface area contributed by atoms with Crippen LogP contribution in [-0.2, 0) is 0 Å².